The van der Waals surface area contributed by atoms with E-state index in [2.05, 4.69) is 0 Å². The highest BCUT2D eigenvalue weighted by molar-refractivity contribution is 5.88. The Morgan fingerprint density at radius 1 is 1.53 bits per heavy atom. The molecule has 1 aromatic rings. The second-order valence-corrected chi connectivity index (χ2v) is 3.23. The largest absolute Gasteiger partial charge is 0.449 e. The SMILES string of the molecule is CCOC(=O)N1COCc2ccccc21. The monoisotopic (exact) mass is 207 g/mol. The normalized spacial score (nSPS) is 14.6. The average molecular weight is 207 g/mol. The quantitative estimate of drug-likeness (QED) is 0.708. The lowest BCUT2D eigenvalue weighted by Crippen LogP contribution is -2.37. The van der Waals surface area contributed by atoms with Gasteiger partial charge in [-0.1, -0.05) is 18.2 Å². The first-order valence-electron chi connectivity index (χ1n) is 4.93. The van der Waals surface area contributed by atoms with Gasteiger partial charge in [0.05, 0.1) is 18.9 Å². The number of hydrogen-bond donors (Lipinski definition) is 0. The lowest BCUT2D eigenvalue weighted by atomic mass is 10.1. The van der Waals surface area contributed by atoms with Crippen LogP contribution in [0, 0.1) is 0 Å². The van der Waals surface area contributed by atoms with Gasteiger partial charge in [-0.2, -0.15) is 0 Å². The van der Waals surface area contributed by atoms with Gasteiger partial charge in [0.25, 0.3) is 0 Å². The highest BCUT2D eigenvalue weighted by atomic mass is 16.6. The summed E-state index contributed by atoms with van der Waals surface area (Å²) >= 11 is 0. The van der Waals surface area contributed by atoms with E-state index in [-0.39, 0.29) is 12.8 Å². The first-order valence-corrected chi connectivity index (χ1v) is 4.93. The molecular formula is C11H13NO3. The van der Waals surface area contributed by atoms with Crippen LogP contribution in [0.3, 0.4) is 0 Å². The predicted octanol–water partition coefficient (Wildman–Crippen LogP) is 2.14. The molecule has 80 valence electrons. The number of hydrogen-bond acceptors (Lipinski definition) is 3. The van der Waals surface area contributed by atoms with Crippen molar-refractivity contribution in [2.24, 2.45) is 0 Å². The number of amides is 1. The Kier molecular flexibility index (Phi) is 2.87. The molecule has 0 aromatic heterocycles. The predicted molar refractivity (Wildman–Crippen MR) is 55.6 cm³/mol. The second kappa shape index (κ2) is 4.31. The molecule has 0 unspecified atom stereocenters. The van der Waals surface area contributed by atoms with E-state index in [4.69, 9.17) is 9.47 Å². The summed E-state index contributed by atoms with van der Waals surface area (Å²) in [6.45, 7) is 2.97. The van der Waals surface area contributed by atoms with Crippen LogP contribution in [0.4, 0.5) is 10.5 Å². The van der Waals surface area contributed by atoms with Crippen LogP contribution in [0.2, 0.25) is 0 Å². The van der Waals surface area contributed by atoms with Gasteiger partial charge in [0.2, 0.25) is 0 Å². The van der Waals surface area contributed by atoms with Crippen LogP contribution in [0.25, 0.3) is 0 Å². The molecule has 0 saturated carbocycles. The molecule has 15 heavy (non-hydrogen) atoms. The summed E-state index contributed by atoms with van der Waals surface area (Å²) in [6.07, 6.45) is -0.357. The number of rotatable bonds is 1. The van der Waals surface area contributed by atoms with Gasteiger partial charge in [-0.15, -0.1) is 0 Å². The molecule has 0 aliphatic carbocycles. The van der Waals surface area contributed by atoms with Crippen LogP contribution in [-0.2, 0) is 16.1 Å². The number of para-hydroxylation sites is 1. The molecule has 1 heterocycles. The molecule has 1 aliphatic heterocycles. The van der Waals surface area contributed by atoms with E-state index < -0.39 is 0 Å². The fourth-order valence-corrected chi connectivity index (χ4v) is 1.57. The van der Waals surface area contributed by atoms with Crippen molar-refractivity contribution < 1.29 is 14.3 Å². The molecule has 0 N–H and O–H groups in total. The minimum Gasteiger partial charge on any atom is -0.449 e. The van der Waals surface area contributed by atoms with Gasteiger partial charge in [0.1, 0.15) is 6.73 Å². The number of ether oxygens (including phenoxy) is 2. The van der Waals surface area contributed by atoms with Gasteiger partial charge in [-0.05, 0) is 13.0 Å². The van der Waals surface area contributed by atoms with Crippen molar-refractivity contribution in [1.29, 1.82) is 0 Å². The van der Waals surface area contributed by atoms with E-state index in [1.807, 2.05) is 24.3 Å². The minimum absolute atomic E-state index is 0.260. The molecular weight excluding hydrogens is 194 g/mol. The van der Waals surface area contributed by atoms with Crippen molar-refractivity contribution in [2.45, 2.75) is 13.5 Å². The Bertz CT molecular complexity index is 365. The Balaban J connectivity index is 2.25. The summed E-state index contributed by atoms with van der Waals surface area (Å²) in [5.74, 6) is 0. The fraction of sp³-hybridized carbons (Fsp3) is 0.364. The molecule has 4 nitrogen and oxygen atoms in total. The van der Waals surface area contributed by atoms with Crippen molar-refractivity contribution in [3.05, 3.63) is 29.8 Å². The van der Waals surface area contributed by atoms with Crippen LogP contribution in [0.15, 0.2) is 24.3 Å². The van der Waals surface area contributed by atoms with Crippen molar-refractivity contribution in [3.8, 4) is 0 Å². The van der Waals surface area contributed by atoms with E-state index in [1.165, 1.54) is 4.90 Å². The zero-order valence-electron chi connectivity index (χ0n) is 8.60. The third-order valence-corrected chi connectivity index (χ3v) is 2.25. The molecule has 0 atom stereocenters. The standard InChI is InChI=1S/C11H13NO3/c1-2-15-11(13)12-8-14-7-9-5-3-4-6-10(9)12/h3-6H,2,7-8H2,1H3. The molecule has 0 radical (unpaired) electrons. The average Bonchev–Trinajstić information content (AvgIpc) is 2.28. The number of benzene rings is 1. The Hall–Kier alpha value is -1.55. The number of carbonyl (C=O) groups excluding carboxylic acids is 1. The number of nitrogens with zero attached hydrogens (tertiary/aromatic N) is 1. The maximum absolute atomic E-state index is 11.6. The summed E-state index contributed by atoms with van der Waals surface area (Å²) in [4.78, 5) is 13.1. The van der Waals surface area contributed by atoms with Crippen LogP contribution in [0.5, 0.6) is 0 Å². The van der Waals surface area contributed by atoms with Crippen LogP contribution in [0.1, 0.15) is 12.5 Å². The van der Waals surface area contributed by atoms with E-state index in [0.717, 1.165) is 11.3 Å². The highest BCUT2D eigenvalue weighted by Gasteiger charge is 2.23. The topological polar surface area (TPSA) is 38.8 Å². The lowest BCUT2D eigenvalue weighted by molar-refractivity contribution is 0.0968. The molecule has 0 spiro atoms. The summed E-state index contributed by atoms with van der Waals surface area (Å²) in [6, 6.07) is 7.67. The van der Waals surface area contributed by atoms with Crippen molar-refractivity contribution in [1.82, 2.24) is 0 Å². The number of fused-ring (bicyclic) bond motifs is 1. The van der Waals surface area contributed by atoms with E-state index >= 15 is 0 Å². The maximum Gasteiger partial charge on any atom is 0.416 e. The molecule has 1 aromatic carbocycles. The van der Waals surface area contributed by atoms with Crippen molar-refractivity contribution >= 4 is 11.8 Å². The van der Waals surface area contributed by atoms with Crippen LogP contribution >= 0.6 is 0 Å². The maximum atomic E-state index is 11.6. The van der Waals surface area contributed by atoms with E-state index in [0.29, 0.717) is 13.2 Å². The summed E-state index contributed by atoms with van der Waals surface area (Å²) < 4.78 is 10.2. The molecule has 0 bridgehead atoms. The van der Waals surface area contributed by atoms with Gasteiger partial charge in [-0.3, -0.25) is 4.90 Å². The zero-order chi connectivity index (χ0) is 10.7. The van der Waals surface area contributed by atoms with Gasteiger partial charge in [-0.25, -0.2) is 4.79 Å². The van der Waals surface area contributed by atoms with Gasteiger partial charge >= 0.3 is 6.09 Å². The molecule has 0 fully saturated rings. The Morgan fingerprint density at radius 2 is 2.33 bits per heavy atom. The van der Waals surface area contributed by atoms with Gasteiger partial charge < -0.3 is 9.47 Å². The van der Waals surface area contributed by atoms with Crippen LogP contribution < -0.4 is 4.90 Å². The zero-order valence-corrected chi connectivity index (χ0v) is 8.60. The first-order chi connectivity index (χ1) is 7.33. The highest BCUT2D eigenvalue weighted by Crippen LogP contribution is 2.25. The molecule has 1 aliphatic rings. The molecule has 0 saturated heterocycles. The first kappa shape index (κ1) is 9.98. The van der Waals surface area contributed by atoms with E-state index in [1.54, 1.807) is 6.92 Å². The Morgan fingerprint density at radius 3 is 3.13 bits per heavy atom. The fourth-order valence-electron chi connectivity index (χ4n) is 1.57. The van der Waals surface area contributed by atoms with E-state index in [9.17, 15) is 4.79 Å². The third kappa shape index (κ3) is 1.94. The summed E-state index contributed by atoms with van der Waals surface area (Å²) in [7, 11) is 0. The lowest BCUT2D eigenvalue weighted by Gasteiger charge is -2.28. The number of anilines is 1. The van der Waals surface area contributed by atoms with Crippen molar-refractivity contribution in [2.75, 3.05) is 18.2 Å². The third-order valence-electron chi connectivity index (χ3n) is 2.25. The summed E-state index contributed by atoms with van der Waals surface area (Å²) in [5.41, 5.74) is 1.89. The minimum atomic E-state index is -0.357. The smallest absolute Gasteiger partial charge is 0.416 e. The van der Waals surface area contributed by atoms with Crippen LogP contribution in [-0.4, -0.2) is 19.4 Å². The van der Waals surface area contributed by atoms with Crippen molar-refractivity contribution in [3.63, 3.8) is 0 Å². The molecule has 4 heteroatoms. The van der Waals surface area contributed by atoms with Gasteiger partial charge in [0.15, 0.2) is 0 Å². The second-order valence-electron chi connectivity index (χ2n) is 3.23. The Labute approximate surface area is 88.4 Å². The summed E-state index contributed by atoms with van der Waals surface area (Å²) in [5, 5.41) is 0. The molecule has 1 amide bonds. The number of carbonyl (C=O) groups is 1. The van der Waals surface area contributed by atoms with Gasteiger partial charge in [0, 0.05) is 5.56 Å². The molecule has 2 rings (SSSR count).